The molecule has 0 saturated carbocycles. The topological polar surface area (TPSA) is 12.0 Å². The van der Waals surface area contributed by atoms with Crippen LogP contribution in [0.4, 0.5) is 0 Å². The fourth-order valence-corrected chi connectivity index (χ4v) is 3.40. The van der Waals surface area contributed by atoms with E-state index in [1.165, 1.54) is 36.8 Å². The first-order valence-electron chi connectivity index (χ1n) is 7.62. The van der Waals surface area contributed by atoms with Gasteiger partial charge in [0, 0.05) is 18.2 Å². The van der Waals surface area contributed by atoms with E-state index in [0.717, 1.165) is 6.54 Å². The highest BCUT2D eigenvalue weighted by atomic mass is 14.9. The summed E-state index contributed by atoms with van der Waals surface area (Å²) in [5.74, 6) is 0.629. The summed E-state index contributed by atoms with van der Waals surface area (Å²) in [6.07, 6.45) is 5.30. The summed E-state index contributed by atoms with van der Waals surface area (Å²) in [5.41, 5.74) is 6.42. The number of nitrogens with one attached hydrogen (secondary N) is 1. The van der Waals surface area contributed by atoms with Gasteiger partial charge in [0.1, 0.15) is 0 Å². The first kappa shape index (κ1) is 12.8. The zero-order valence-electron chi connectivity index (χ0n) is 12.4. The van der Waals surface area contributed by atoms with Crippen molar-refractivity contribution in [1.82, 2.24) is 5.32 Å². The predicted octanol–water partition coefficient (Wildman–Crippen LogP) is 4.50. The second-order valence-corrected chi connectivity index (χ2v) is 7.02. The molecule has 1 unspecified atom stereocenters. The van der Waals surface area contributed by atoms with Gasteiger partial charge in [-0.3, -0.25) is 0 Å². The van der Waals surface area contributed by atoms with Crippen LogP contribution in [0.5, 0.6) is 0 Å². The maximum atomic E-state index is 3.63. The van der Waals surface area contributed by atoms with E-state index in [9.17, 15) is 0 Å². The Labute approximate surface area is 117 Å². The molecule has 3 rings (SSSR count). The molecule has 1 aromatic carbocycles. The highest BCUT2D eigenvalue weighted by molar-refractivity contribution is 5.39. The normalized spacial score (nSPS) is 23.2. The SMILES string of the molecule is CC(C)(C)c1ccc(C2CNC3=C2CCCC3)cc1. The van der Waals surface area contributed by atoms with E-state index in [1.807, 2.05) is 0 Å². The molecule has 0 fully saturated rings. The minimum Gasteiger partial charge on any atom is -0.387 e. The Balaban J connectivity index is 1.85. The summed E-state index contributed by atoms with van der Waals surface area (Å²) in [5, 5.41) is 3.63. The molecule has 0 saturated heterocycles. The molecule has 2 aliphatic rings. The van der Waals surface area contributed by atoms with Gasteiger partial charge in [-0.25, -0.2) is 0 Å². The van der Waals surface area contributed by atoms with Gasteiger partial charge in [0.25, 0.3) is 0 Å². The molecular weight excluding hydrogens is 230 g/mol. The number of rotatable bonds is 1. The lowest BCUT2D eigenvalue weighted by Crippen LogP contribution is -2.13. The molecule has 1 aromatic rings. The van der Waals surface area contributed by atoms with Gasteiger partial charge in [0.2, 0.25) is 0 Å². The van der Waals surface area contributed by atoms with Crippen molar-refractivity contribution in [3.8, 4) is 0 Å². The largest absolute Gasteiger partial charge is 0.387 e. The van der Waals surface area contributed by atoms with E-state index >= 15 is 0 Å². The van der Waals surface area contributed by atoms with Crippen LogP contribution in [-0.2, 0) is 5.41 Å². The minimum absolute atomic E-state index is 0.252. The Morgan fingerprint density at radius 2 is 1.68 bits per heavy atom. The van der Waals surface area contributed by atoms with E-state index in [0.29, 0.717) is 5.92 Å². The van der Waals surface area contributed by atoms with Crippen LogP contribution in [0, 0.1) is 0 Å². The summed E-state index contributed by atoms with van der Waals surface area (Å²) < 4.78 is 0. The second kappa shape index (κ2) is 4.70. The average molecular weight is 255 g/mol. The fraction of sp³-hybridized carbons (Fsp3) is 0.556. The standard InChI is InChI=1S/C18H25N/c1-18(2,3)14-10-8-13(9-11-14)16-12-19-17-7-5-4-6-15(16)17/h8-11,16,19H,4-7,12H2,1-3H3. The summed E-state index contributed by atoms with van der Waals surface area (Å²) >= 11 is 0. The second-order valence-electron chi connectivity index (χ2n) is 7.02. The smallest absolute Gasteiger partial charge is 0.0251 e. The maximum Gasteiger partial charge on any atom is 0.0251 e. The zero-order chi connectivity index (χ0) is 13.5. The molecule has 1 heteroatoms. The van der Waals surface area contributed by atoms with Crippen molar-refractivity contribution in [2.24, 2.45) is 0 Å². The molecule has 1 atom stereocenters. The van der Waals surface area contributed by atoms with Crippen LogP contribution < -0.4 is 5.32 Å². The van der Waals surface area contributed by atoms with Gasteiger partial charge in [-0.15, -0.1) is 0 Å². The lowest BCUT2D eigenvalue weighted by molar-refractivity contribution is 0.589. The molecule has 0 radical (unpaired) electrons. The van der Waals surface area contributed by atoms with Crippen LogP contribution in [0.1, 0.15) is 63.5 Å². The van der Waals surface area contributed by atoms with Gasteiger partial charge in [-0.1, -0.05) is 45.0 Å². The van der Waals surface area contributed by atoms with Crippen LogP contribution in [0.3, 0.4) is 0 Å². The van der Waals surface area contributed by atoms with E-state index in [2.05, 4.69) is 50.4 Å². The van der Waals surface area contributed by atoms with Gasteiger partial charge in [-0.2, -0.15) is 0 Å². The molecule has 0 bridgehead atoms. The molecule has 1 nitrogen and oxygen atoms in total. The van der Waals surface area contributed by atoms with Gasteiger partial charge >= 0.3 is 0 Å². The van der Waals surface area contributed by atoms with Crippen molar-refractivity contribution >= 4 is 0 Å². The first-order valence-corrected chi connectivity index (χ1v) is 7.62. The van der Waals surface area contributed by atoms with Crippen LogP contribution in [-0.4, -0.2) is 6.54 Å². The zero-order valence-corrected chi connectivity index (χ0v) is 12.4. The molecule has 1 heterocycles. The number of benzene rings is 1. The summed E-state index contributed by atoms with van der Waals surface area (Å²) in [7, 11) is 0. The van der Waals surface area contributed by atoms with Gasteiger partial charge in [-0.05, 0) is 47.8 Å². The molecule has 0 spiro atoms. The van der Waals surface area contributed by atoms with Gasteiger partial charge in [0.15, 0.2) is 0 Å². The van der Waals surface area contributed by atoms with Crippen LogP contribution in [0.2, 0.25) is 0 Å². The molecule has 1 N–H and O–H groups in total. The highest BCUT2D eigenvalue weighted by Gasteiger charge is 2.28. The van der Waals surface area contributed by atoms with Crippen molar-refractivity contribution in [3.63, 3.8) is 0 Å². The van der Waals surface area contributed by atoms with Crippen molar-refractivity contribution < 1.29 is 0 Å². The van der Waals surface area contributed by atoms with Gasteiger partial charge in [0.05, 0.1) is 0 Å². The Bertz CT molecular complexity index is 487. The molecule has 0 aromatic heterocycles. The maximum absolute atomic E-state index is 3.63. The van der Waals surface area contributed by atoms with Crippen molar-refractivity contribution in [1.29, 1.82) is 0 Å². The van der Waals surface area contributed by atoms with E-state index in [1.54, 1.807) is 11.3 Å². The predicted molar refractivity (Wildman–Crippen MR) is 81.4 cm³/mol. The molecular formula is C18H25N. The fourth-order valence-electron chi connectivity index (χ4n) is 3.40. The Morgan fingerprint density at radius 3 is 2.37 bits per heavy atom. The average Bonchev–Trinajstić information content (AvgIpc) is 2.82. The third-order valence-electron chi connectivity index (χ3n) is 4.63. The third kappa shape index (κ3) is 2.43. The van der Waals surface area contributed by atoms with E-state index in [4.69, 9.17) is 0 Å². The lowest BCUT2D eigenvalue weighted by atomic mass is 9.83. The highest BCUT2D eigenvalue weighted by Crippen LogP contribution is 2.38. The van der Waals surface area contributed by atoms with Crippen LogP contribution >= 0.6 is 0 Å². The Hall–Kier alpha value is -1.24. The van der Waals surface area contributed by atoms with Crippen LogP contribution in [0.15, 0.2) is 35.5 Å². The van der Waals surface area contributed by atoms with E-state index in [-0.39, 0.29) is 5.41 Å². The minimum atomic E-state index is 0.252. The number of allylic oxidation sites excluding steroid dienone is 1. The summed E-state index contributed by atoms with van der Waals surface area (Å²) in [6.45, 7) is 7.95. The molecule has 19 heavy (non-hydrogen) atoms. The van der Waals surface area contributed by atoms with E-state index < -0.39 is 0 Å². The summed E-state index contributed by atoms with van der Waals surface area (Å²) in [6, 6.07) is 9.32. The van der Waals surface area contributed by atoms with Gasteiger partial charge < -0.3 is 5.32 Å². The Morgan fingerprint density at radius 1 is 1.00 bits per heavy atom. The summed E-state index contributed by atoms with van der Waals surface area (Å²) in [4.78, 5) is 0. The molecule has 102 valence electrons. The first-order chi connectivity index (χ1) is 9.05. The molecule has 1 aliphatic carbocycles. The quantitative estimate of drug-likeness (QED) is 0.779. The number of hydrogen-bond donors (Lipinski definition) is 1. The van der Waals surface area contributed by atoms with Crippen molar-refractivity contribution in [3.05, 3.63) is 46.7 Å². The third-order valence-corrected chi connectivity index (χ3v) is 4.63. The number of hydrogen-bond acceptors (Lipinski definition) is 1. The lowest BCUT2D eigenvalue weighted by Gasteiger charge is -2.21. The molecule has 0 amide bonds. The van der Waals surface area contributed by atoms with Crippen LogP contribution in [0.25, 0.3) is 0 Å². The monoisotopic (exact) mass is 255 g/mol. The van der Waals surface area contributed by atoms with Crippen molar-refractivity contribution in [2.45, 2.75) is 57.8 Å². The molecule has 1 aliphatic heterocycles. The van der Waals surface area contributed by atoms with Crippen molar-refractivity contribution in [2.75, 3.05) is 6.54 Å². The Kier molecular flexibility index (Phi) is 3.16.